The minimum absolute atomic E-state index is 0.476. The van der Waals surface area contributed by atoms with Crippen molar-refractivity contribution in [3.8, 4) is 0 Å². The van der Waals surface area contributed by atoms with Crippen molar-refractivity contribution in [1.29, 1.82) is 0 Å². The molecule has 124 valence electrons. The molecule has 3 nitrogen and oxygen atoms in total. The number of nitrogens with zero attached hydrogens (tertiary/aromatic N) is 2. The highest BCUT2D eigenvalue weighted by molar-refractivity contribution is 4.92. The highest BCUT2D eigenvalue weighted by Gasteiger charge is 2.37. The number of hydrogen-bond acceptors (Lipinski definition) is 3. The standard InChI is InChI=1S/C18H37N3/c1-5-18(6-2,14-19-7-3)15-21-12-10-17-16(13-21)9-8-11-20(17)4/h16-17,19H,5-15H2,1-4H3. The summed E-state index contributed by atoms with van der Waals surface area (Å²) in [6.07, 6.45) is 6.81. The third kappa shape index (κ3) is 4.20. The van der Waals surface area contributed by atoms with Gasteiger partial charge in [-0.2, -0.15) is 0 Å². The van der Waals surface area contributed by atoms with Crippen LogP contribution in [0.1, 0.15) is 52.9 Å². The van der Waals surface area contributed by atoms with Crippen molar-refractivity contribution in [2.45, 2.75) is 58.9 Å². The molecule has 21 heavy (non-hydrogen) atoms. The Morgan fingerprint density at radius 3 is 2.52 bits per heavy atom. The van der Waals surface area contributed by atoms with Crippen LogP contribution in [0.2, 0.25) is 0 Å². The lowest BCUT2D eigenvalue weighted by Gasteiger charge is -2.48. The topological polar surface area (TPSA) is 18.5 Å². The van der Waals surface area contributed by atoms with Crippen molar-refractivity contribution in [2.24, 2.45) is 11.3 Å². The van der Waals surface area contributed by atoms with Gasteiger partial charge >= 0.3 is 0 Å². The molecule has 0 amide bonds. The Hall–Kier alpha value is -0.120. The van der Waals surface area contributed by atoms with E-state index in [1.54, 1.807) is 0 Å². The largest absolute Gasteiger partial charge is 0.316 e. The second-order valence-corrected chi connectivity index (χ2v) is 7.46. The van der Waals surface area contributed by atoms with Gasteiger partial charge in [-0.15, -0.1) is 0 Å². The third-order valence-electron chi connectivity index (χ3n) is 6.24. The molecule has 2 atom stereocenters. The summed E-state index contributed by atoms with van der Waals surface area (Å²) in [4.78, 5) is 5.40. The Bertz CT molecular complexity index is 301. The molecule has 3 heteroatoms. The summed E-state index contributed by atoms with van der Waals surface area (Å²) in [5.74, 6) is 0.919. The Labute approximate surface area is 132 Å². The number of likely N-dealkylation sites (tertiary alicyclic amines) is 2. The van der Waals surface area contributed by atoms with Crippen LogP contribution in [0.3, 0.4) is 0 Å². The summed E-state index contributed by atoms with van der Waals surface area (Å²) >= 11 is 0. The number of hydrogen-bond donors (Lipinski definition) is 1. The van der Waals surface area contributed by atoms with Crippen LogP contribution in [0, 0.1) is 11.3 Å². The first kappa shape index (κ1) is 17.2. The van der Waals surface area contributed by atoms with Gasteiger partial charge in [-0.05, 0) is 70.1 Å². The first-order chi connectivity index (χ1) is 10.1. The molecule has 2 aliphatic heterocycles. The molecule has 0 bridgehead atoms. The van der Waals surface area contributed by atoms with Crippen LogP contribution in [0.25, 0.3) is 0 Å². The highest BCUT2D eigenvalue weighted by Crippen LogP contribution is 2.33. The molecule has 0 aromatic heterocycles. The van der Waals surface area contributed by atoms with Crippen molar-refractivity contribution in [2.75, 3.05) is 46.3 Å². The van der Waals surface area contributed by atoms with E-state index in [0.29, 0.717) is 5.41 Å². The van der Waals surface area contributed by atoms with Crippen LogP contribution >= 0.6 is 0 Å². The Balaban J connectivity index is 1.92. The summed E-state index contributed by atoms with van der Waals surface area (Å²) in [7, 11) is 2.33. The van der Waals surface area contributed by atoms with Gasteiger partial charge in [0, 0.05) is 25.7 Å². The fourth-order valence-corrected chi connectivity index (χ4v) is 4.52. The van der Waals surface area contributed by atoms with Crippen molar-refractivity contribution in [3.63, 3.8) is 0 Å². The van der Waals surface area contributed by atoms with Crippen LogP contribution in [-0.2, 0) is 0 Å². The van der Waals surface area contributed by atoms with E-state index < -0.39 is 0 Å². The van der Waals surface area contributed by atoms with Gasteiger partial charge in [0.05, 0.1) is 0 Å². The van der Waals surface area contributed by atoms with Crippen LogP contribution in [0.5, 0.6) is 0 Å². The maximum Gasteiger partial charge on any atom is 0.0145 e. The fraction of sp³-hybridized carbons (Fsp3) is 1.00. The maximum atomic E-state index is 3.61. The van der Waals surface area contributed by atoms with Gasteiger partial charge in [-0.25, -0.2) is 0 Å². The lowest BCUT2D eigenvalue weighted by molar-refractivity contribution is 0.0171. The fourth-order valence-electron chi connectivity index (χ4n) is 4.52. The summed E-state index contributed by atoms with van der Waals surface area (Å²) < 4.78 is 0. The lowest BCUT2D eigenvalue weighted by atomic mass is 9.79. The van der Waals surface area contributed by atoms with Crippen LogP contribution in [0.4, 0.5) is 0 Å². The second-order valence-electron chi connectivity index (χ2n) is 7.46. The van der Waals surface area contributed by atoms with E-state index >= 15 is 0 Å². The average Bonchev–Trinajstić information content (AvgIpc) is 2.52. The molecule has 2 rings (SSSR count). The molecule has 0 aromatic carbocycles. The van der Waals surface area contributed by atoms with E-state index in [0.717, 1.165) is 18.5 Å². The van der Waals surface area contributed by atoms with Gasteiger partial charge in [0.2, 0.25) is 0 Å². The molecule has 2 heterocycles. The summed E-state index contributed by atoms with van der Waals surface area (Å²) in [5.41, 5.74) is 0.476. The molecular weight excluding hydrogens is 258 g/mol. The first-order valence-corrected chi connectivity index (χ1v) is 9.27. The second kappa shape index (κ2) is 7.94. The van der Waals surface area contributed by atoms with Crippen molar-refractivity contribution in [3.05, 3.63) is 0 Å². The van der Waals surface area contributed by atoms with Gasteiger partial charge in [0.1, 0.15) is 0 Å². The third-order valence-corrected chi connectivity index (χ3v) is 6.24. The zero-order chi connectivity index (χ0) is 15.3. The molecular formula is C18H37N3. The number of fused-ring (bicyclic) bond motifs is 1. The average molecular weight is 296 g/mol. The monoisotopic (exact) mass is 295 g/mol. The molecule has 1 N–H and O–H groups in total. The normalized spacial score (nSPS) is 28.6. The highest BCUT2D eigenvalue weighted by atomic mass is 15.2. The molecule has 2 fully saturated rings. The Kier molecular flexibility index (Phi) is 6.51. The minimum Gasteiger partial charge on any atom is -0.316 e. The van der Waals surface area contributed by atoms with Gasteiger partial charge in [0.15, 0.2) is 0 Å². The molecule has 0 spiro atoms. The van der Waals surface area contributed by atoms with Gasteiger partial charge in [0.25, 0.3) is 0 Å². The molecule has 0 saturated carbocycles. The van der Waals surface area contributed by atoms with Crippen LogP contribution in [-0.4, -0.2) is 62.2 Å². The zero-order valence-corrected chi connectivity index (χ0v) is 14.8. The summed E-state index contributed by atoms with van der Waals surface area (Å²) in [6, 6.07) is 0.862. The lowest BCUT2D eigenvalue weighted by Crippen LogP contribution is -2.55. The molecule has 2 saturated heterocycles. The van der Waals surface area contributed by atoms with E-state index in [1.165, 1.54) is 64.8 Å². The quantitative estimate of drug-likeness (QED) is 0.779. The Morgan fingerprint density at radius 1 is 1.10 bits per heavy atom. The molecule has 0 aliphatic carbocycles. The van der Waals surface area contributed by atoms with E-state index in [9.17, 15) is 0 Å². The van der Waals surface area contributed by atoms with Gasteiger partial charge < -0.3 is 15.1 Å². The summed E-state index contributed by atoms with van der Waals surface area (Å²) in [5, 5.41) is 3.61. The smallest absolute Gasteiger partial charge is 0.0145 e. The number of piperidine rings is 2. The van der Waals surface area contributed by atoms with Crippen molar-refractivity contribution < 1.29 is 0 Å². The van der Waals surface area contributed by atoms with E-state index in [2.05, 4.69) is 42.9 Å². The van der Waals surface area contributed by atoms with E-state index in [-0.39, 0.29) is 0 Å². The Morgan fingerprint density at radius 2 is 1.86 bits per heavy atom. The minimum atomic E-state index is 0.476. The molecule has 2 unspecified atom stereocenters. The number of rotatable bonds is 7. The van der Waals surface area contributed by atoms with Crippen LogP contribution in [0.15, 0.2) is 0 Å². The van der Waals surface area contributed by atoms with E-state index in [4.69, 9.17) is 0 Å². The zero-order valence-electron chi connectivity index (χ0n) is 14.8. The summed E-state index contributed by atoms with van der Waals surface area (Å²) in [6.45, 7) is 14.5. The predicted octanol–water partition coefficient (Wildman–Crippen LogP) is 2.82. The van der Waals surface area contributed by atoms with Gasteiger partial charge in [-0.3, -0.25) is 0 Å². The molecule has 0 radical (unpaired) electrons. The SMILES string of the molecule is CCNCC(CC)(CC)CN1CCC2C(CCCN2C)C1. The van der Waals surface area contributed by atoms with Crippen LogP contribution < -0.4 is 5.32 Å². The molecule has 0 aromatic rings. The number of nitrogens with one attached hydrogen (secondary N) is 1. The predicted molar refractivity (Wildman–Crippen MR) is 91.8 cm³/mol. The first-order valence-electron chi connectivity index (χ1n) is 9.27. The maximum absolute atomic E-state index is 3.61. The molecule has 2 aliphatic rings. The van der Waals surface area contributed by atoms with Gasteiger partial charge in [-0.1, -0.05) is 20.8 Å². The van der Waals surface area contributed by atoms with Crippen molar-refractivity contribution >= 4 is 0 Å². The van der Waals surface area contributed by atoms with Crippen molar-refractivity contribution in [1.82, 2.24) is 15.1 Å². The van der Waals surface area contributed by atoms with E-state index in [1.807, 2.05) is 0 Å².